The monoisotopic (exact) mass is 147 g/mol. The molecule has 0 aromatic heterocycles. The molecule has 1 radical (unpaired) electrons. The predicted molar refractivity (Wildman–Crippen MR) is 44.9 cm³/mol. The minimum absolute atomic E-state index is 0.839. The Morgan fingerprint density at radius 2 is 1.27 bits per heavy atom. The Kier molecular flexibility index (Phi) is 1.09. The molecule has 0 aromatic carbocycles. The van der Waals surface area contributed by atoms with Crippen LogP contribution in [0.2, 0.25) is 0 Å². The molecule has 0 amide bonds. The van der Waals surface area contributed by atoms with Gasteiger partial charge in [-0.1, -0.05) is 12.2 Å². The van der Waals surface area contributed by atoms with Crippen molar-refractivity contribution in [3.8, 4) is 0 Å². The van der Waals surface area contributed by atoms with Gasteiger partial charge in [-0.25, -0.2) is 0 Å². The number of allylic oxidation sites excluding steroid dienone is 1. The van der Waals surface area contributed by atoms with Gasteiger partial charge in [-0.15, -0.1) is 0 Å². The second-order valence-electron chi connectivity index (χ2n) is 4.80. The molecule has 4 rings (SSSR count). The van der Waals surface area contributed by atoms with E-state index in [0.29, 0.717) is 0 Å². The first-order valence-electron chi connectivity index (χ1n) is 4.95. The van der Waals surface area contributed by atoms with Gasteiger partial charge in [-0.3, -0.25) is 0 Å². The summed E-state index contributed by atoms with van der Waals surface area (Å²) >= 11 is 0. The lowest BCUT2D eigenvalue weighted by molar-refractivity contribution is 0.0698. The van der Waals surface area contributed by atoms with Gasteiger partial charge in [-0.05, 0) is 55.8 Å². The SMILES string of the molecule is [CH]=C1C2CC3CC(C2)CC1C3. The number of hydrogen-bond donors (Lipinski definition) is 0. The van der Waals surface area contributed by atoms with E-state index in [-0.39, 0.29) is 0 Å². The summed E-state index contributed by atoms with van der Waals surface area (Å²) in [6.45, 7) is 6.08. The first kappa shape index (κ1) is 6.28. The van der Waals surface area contributed by atoms with E-state index >= 15 is 0 Å². The smallest absolute Gasteiger partial charge is 0.0192 e. The van der Waals surface area contributed by atoms with Crippen LogP contribution in [-0.2, 0) is 0 Å². The molecule has 0 saturated heterocycles. The second-order valence-corrected chi connectivity index (χ2v) is 4.80. The quantitative estimate of drug-likeness (QED) is 0.494. The first-order valence-corrected chi connectivity index (χ1v) is 4.95. The van der Waals surface area contributed by atoms with Crippen molar-refractivity contribution in [3.63, 3.8) is 0 Å². The maximum Gasteiger partial charge on any atom is -0.0192 e. The lowest BCUT2D eigenvalue weighted by atomic mass is 9.54. The minimum atomic E-state index is 0.839. The van der Waals surface area contributed by atoms with Gasteiger partial charge in [0.1, 0.15) is 0 Å². The van der Waals surface area contributed by atoms with Gasteiger partial charge in [0.25, 0.3) is 0 Å². The van der Waals surface area contributed by atoms with Crippen molar-refractivity contribution in [1.29, 1.82) is 0 Å². The van der Waals surface area contributed by atoms with Gasteiger partial charge in [0, 0.05) is 0 Å². The third-order valence-electron chi connectivity index (χ3n) is 4.08. The fourth-order valence-corrected chi connectivity index (χ4v) is 3.73. The van der Waals surface area contributed by atoms with Crippen LogP contribution in [0.1, 0.15) is 32.1 Å². The van der Waals surface area contributed by atoms with Crippen LogP contribution in [0.25, 0.3) is 0 Å². The highest BCUT2D eigenvalue weighted by Gasteiger charge is 2.44. The first-order chi connectivity index (χ1) is 5.33. The molecule has 4 bridgehead atoms. The summed E-state index contributed by atoms with van der Waals surface area (Å²) < 4.78 is 0. The zero-order chi connectivity index (χ0) is 7.42. The standard InChI is InChI=1S/C11H15/c1-7-10-3-8-2-9(5-10)6-11(7)4-8/h1,8-11H,2-6H2. The molecule has 0 aliphatic heterocycles. The summed E-state index contributed by atoms with van der Waals surface area (Å²) in [5, 5.41) is 0. The molecular formula is C11H15. The van der Waals surface area contributed by atoms with Crippen LogP contribution in [0, 0.1) is 30.3 Å². The molecule has 4 aliphatic carbocycles. The summed E-state index contributed by atoms with van der Waals surface area (Å²) in [7, 11) is 0. The fourth-order valence-electron chi connectivity index (χ4n) is 3.73. The summed E-state index contributed by atoms with van der Waals surface area (Å²) in [6, 6.07) is 0. The van der Waals surface area contributed by atoms with E-state index in [1.807, 2.05) is 0 Å². The maximum atomic E-state index is 6.08. The van der Waals surface area contributed by atoms with E-state index in [2.05, 4.69) is 0 Å². The Morgan fingerprint density at radius 3 is 1.73 bits per heavy atom. The lowest BCUT2D eigenvalue weighted by Crippen LogP contribution is -2.39. The zero-order valence-electron chi connectivity index (χ0n) is 6.92. The molecule has 0 unspecified atom stereocenters. The molecule has 4 saturated carbocycles. The van der Waals surface area contributed by atoms with Crippen molar-refractivity contribution in [2.45, 2.75) is 32.1 Å². The van der Waals surface area contributed by atoms with Gasteiger partial charge < -0.3 is 0 Å². The molecule has 4 fully saturated rings. The molecule has 0 heteroatoms. The van der Waals surface area contributed by atoms with Crippen molar-refractivity contribution >= 4 is 0 Å². The van der Waals surface area contributed by atoms with E-state index in [1.165, 1.54) is 37.7 Å². The van der Waals surface area contributed by atoms with Crippen molar-refractivity contribution in [1.82, 2.24) is 0 Å². The second kappa shape index (κ2) is 1.91. The van der Waals surface area contributed by atoms with Crippen molar-refractivity contribution < 1.29 is 0 Å². The van der Waals surface area contributed by atoms with E-state index < -0.39 is 0 Å². The van der Waals surface area contributed by atoms with Gasteiger partial charge in [0.15, 0.2) is 0 Å². The molecule has 0 aromatic rings. The molecule has 0 spiro atoms. The molecule has 4 aliphatic rings. The molecular weight excluding hydrogens is 132 g/mol. The lowest BCUT2D eigenvalue weighted by Gasteiger charge is -2.51. The minimum Gasteiger partial charge on any atom is -0.0640 e. The van der Waals surface area contributed by atoms with Crippen LogP contribution in [0.3, 0.4) is 0 Å². The highest BCUT2D eigenvalue weighted by Crippen LogP contribution is 2.55. The Bertz CT molecular complexity index is 172. The number of rotatable bonds is 0. The topological polar surface area (TPSA) is 0 Å². The van der Waals surface area contributed by atoms with Crippen LogP contribution < -0.4 is 0 Å². The molecule has 0 nitrogen and oxygen atoms in total. The molecule has 0 atom stereocenters. The van der Waals surface area contributed by atoms with Crippen LogP contribution in [0.4, 0.5) is 0 Å². The summed E-state index contributed by atoms with van der Waals surface area (Å²) in [6.07, 6.45) is 7.25. The number of hydrogen-bond acceptors (Lipinski definition) is 0. The van der Waals surface area contributed by atoms with Gasteiger partial charge in [-0.2, -0.15) is 0 Å². The van der Waals surface area contributed by atoms with Crippen molar-refractivity contribution in [3.05, 3.63) is 12.2 Å². The van der Waals surface area contributed by atoms with E-state index in [4.69, 9.17) is 6.58 Å². The van der Waals surface area contributed by atoms with E-state index in [0.717, 1.165) is 23.7 Å². The van der Waals surface area contributed by atoms with Gasteiger partial charge in [0.05, 0.1) is 0 Å². The van der Waals surface area contributed by atoms with Crippen LogP contribution in [-0.4, -0.2) is 0 Å². The van der Waals surface area contributed by atoms with Crippen LogP contribution in [0.15, 0.2) is 5.57 Å². The maximum absolute atomic E-state index is 6.08. The molecule has 59 valence electrons. The Morgan fingerprint density at radius 1 is 0.818 bits per heavy atom. The normalized spacial score (nSPS) is 53.6. The van der Waals surface area contributed by atoms with Crippen LogP contribution >= 0.6 is 0 Å². The van der Waals surface area contributed by atoms with Gasteiger partial charge in [0.2, 0.25) is 0 Å². The van der Waals surface area contributed by atoms with Crippen molar-refractivity contribution in [2.24, 2.45) is 23.7 Å². The third kappa shape index (κ3) is 0.758. The third-order valence-corrected chi connectivity index (χ3v) is 4.08. The largest absolute Gasteiger partial charge is 0.0640 e. The van der Waals surface area contributed by atoms with Crippen LogP contribution in [0.5, 0.6) is 0 Å². The predicted octanol–water partition coefficient (Wildman–Crippen LogP) is 2.80. The highest BCUT2D eigenvalue weighted by atomic mass is 14.5. The molecule has 0 heterocycles. The average molecular weight is 147 g/mol. The summed E-state index contributed by atoms with van der Waals surface area (Å²) in [4.78, 5) is 0. The van der Waals surface area contributed by atoms with Crippen molar-refractivity contribution in [2.75, 3.05) is 0 Å². The Labute approximate surface area is 68.7 Å². The molecule has 0 N–H and O–H groups in total. The average Bonchev–Trinajstić information content (AvgIpc) is 1.98. The summed E-state index contributed by atoms with van der Waals surface area (Å²) in [5.41, 5.74) is 1.37. The van der Waals surface area contributed by atoms with E-state index in [9.17, 15) is 0 Å². The summed E-state index contributed by atoms with van der Waals surface area (Å²) in [5.74, 6) is 3.80. The highest BCUT2D eigenvalue weighted by molar-refractivity contribution is 5.15. The molecule has 11 heavy (non-hydrogen) atoms. The zero-order valence-corrected chi connectivity index (χ0v) is 6.92. The Hall–Kier alpha value is -0.260. The fraction of sp³-hybridized carbons (Fsp3) is 0.818. The van der Waals surface area contributed by atoms with E-state index in [1.54, 1.807) is 0 Å². The van der Waals surface area contributed by atoms with Gasteiger partial charge >= 0.3 is 0 Å². The Balaban J connectivity index is 1.96.